The van der Waals surface area contributed by atoms with Crippen LogP contribution in [0.4, 0.5) is 0 Å². The Balaban J connectivity index is 1.29. The molecular formula is C24H27N3O3S. The van der Waals surface area contributed by atoms with Crippen LogP contribution in [0.25, 0.3) is 10.2 Å². The van der Waals surface area contributed by atoms with Gasteiger partial charge >= 0.3 is 4.87 Å². The number of hydrogen-bond acceptors (Lipinski definition) is 5. The first-order valence-electron chi connectivity index (χ1n) is 10.9. The molecule has 162 valence electrons. The van der Waals surface area contributed by atoms with Crippen molar-refractivity contribution in [1.29, 1.82) is 0 Å². The maximum atomic E-state index is 12.5. The Bertz CT molecular complexity index is 1120. The molecule has 0 spiro atoms. The van der Waals surface area contributed by atoms with Gasteiger partial charge in [-0.1, -0.05) is 42.5 Å². The molecule has 0 unspecified atom stereocenters. The lowest BCUT2D eigenvalue weighted by Crippen LogP contribution is -2.32. The van der Waals surface area contributed by atoms with Gasteiger partial charge in [-0.15, -0.1) is 0 Å². The van der Waals surface area contributed by atoms with Crippen LogP contribution in [0.15, 0.2) is 47.3 Å². The number of carbonyl (C=O) groups is 2. The third kappa shape index (κ3) is 4.62. The van der Waals surface area contributed by atoms with Crippen LogP contribution in [0.1, 0.15) is 52.5 Å². The van der Waals surface area contributed by atoms with E-state index in [1.54, 1.807) is 24.3 Å². The van der Waals surface area contributed by atoms with Gasteiger partial charge in [0.15, 0.2) is 0 Å². The molecule has 1 aromatic heterocycles. The minimum Gasteiger partial charge on any atom is -0.312 e. The molecule has 0 fully saturated rings. The first-order chi connectivity index (χ1) is 15.1. The summed E-state index contributed by atoms with van der Waals surface area (Å²) in [6.07, 6.45) is 3.68. The fourth-order valence-corrected chi connectivity index (χ4v) is 5.08. The summed E-state index contributed by atoms with van der Waals surface area (Å²) in [5.41, 5.74) is 3.14. The fraction of sp³-hybridized carbons (Fsp3) is 0.375. The predicted octanol–water partition coefficient (Wildman–Crippen LogP) is 3.92. The summed E-state index contributed by atoms with van der Waals surface area (Å²) >= 11 is 1.28. The zero-order valence-electron chi connectivity index (χ0n) is 17.7. The molecule has 0 saturated heterocycles. The third-order valence-electron chi connectivity index (χ3n) is 5.75. The van der Waals surface area contributed by atoms with Crippen LogP contribution in [0.3, 0.4) is 0 Å². The molecule has 2 heterocycles. The smallest absolute Gasteiger partial charge is 0.305 e. The quantitative estimate of drug-likeness (QED) is 0.385. The van der Waals surface area contributed by atoms with E-state index in [2.05, 4.69) is 22.9 Å². The van der Waals surface area contributed by atoms with Crippen LogP contribution in [-0.2, 0) is 6.42 Å². The van der Waals surface area contributed by atoms with Crippen molar-refractivity contribution in [3.05, 3.63) is 68.8 Å². The Kier molecular flexibility index (Phi) is 6.63. The minimum absolute atomic E-state index is 0.0129. The number of hydrogen-bond donors (Lipinski definition) is 1. The van der Waals surface area contributed by atoms with Gasteiger partial charge in [0.25, 0.3) is 11.8 Å². The van der Waals surface area contributed by atoms with E-state index in [1.165, 1.54) is 21.8 Å². The number of H-pyrrole nitrogens is 1. The molecule has 0 saturated carbocycles. The molecule has 1 aliphatic heterocycles. The first-order valence-corrected chi connectivity index (χ1v) is 11.7. The van der Waals surface area contributed by atoms with Crippen LogP contribution in [0, 0.1) is 0 Å². The zero-order valence-corrected chi connectivity index (χ0v) is 18.5. The Labute approximate surface area is 185 Å². The highest BCUT2D eigenvalue weighted by molar-refractivity contribution is 7.16. The van der Waals surface area contributed by atoms with Crippen LogP contribution >= 0.6 is 11.3 Å². The molecule has 0 aliphatic carbocycles. The summed E-state index contributed by atoms with van der Waals surface area (Å²) in [5, 5.41) is 0. The van der Waals surface area contributed by atoms with E-state index in [-0.39, 0.29) is 16.7 Å². The van der Waals surface area contributed by atoms with Crippen molar-refractivity contribution in [2.24, 2.45) is 0 Å². The molecular weight excluding hydrogens is 410 g/mol. The van der Waals surface area contributed by atoms with Crippen molar-refractivity contribution in [3.8, 4) is 0 Å². The zero-order chi connectivity index (χ0) is 21.8. The number of amides is 2. The van der Waals surface area contributed by atoms with E-state index in [0.29, 0.717) is 17.7 Å². The number of aromatic amines is 1. The molecule has 4 rings (SSSR count). The normalized spacial score (nSPS) is 13.5. The van der Waals surface area contributed by atoms with Gasteiger partial charge in [0, 0.05) is 13.1 Å². The molecule has 0 radical (unpaired) electrons. The number of nitrogens with one attached hydrogen (secondary N) is 1. The van der Waals surface area contributed by atoms with E-state index in [0.717, 1.165) is 55.5 Å². The predicted molar refractivity (Wildman–Crippen MR) is 124 cm³/mol. The van der Waals surface area contributed by atoms with Gasteiger partial charge in [-0.25, -0.2) is 0 Å². The van der Waals surface area contributed by atoms with Gasteiger partial charge in [0.1, 0.15) is 0 Å². The van der Waals surface area contributed by atoms with Crippen LogP contribution < -0.4 is 4.87 Å². The summed E-state index contributed by atoms with van der Waals surface area (Å²) in [4.78, 5) is 43.3. The maximum absolute atomic E-state index is 12.5. The molecule has 0 bridgehead atoms. The highest BCUT2D eigenvalue weighted by Gasteiger charge is 2.34. The number of carbonyl (C=O) groups excluding carboxylic acids is 2. The average molecular weight is 438 g/mol. The number of imide groups is 1. The largest absolute Gasteiger partial charge is 0.312 e. The topological polar surface area (TPSA) is 73.5 Å². The van der Waals surface area contributed by atoms with E-state index >= 15 is 0 Å². The van der Waals surface area contributed by atoms with Crippen molar-refractivity contribution in [2.45, 2.75) is 32.6 Å². The number of rotatable bonds is 10. The highest BCUT2D eigenvalue weighted by Crippen LogP contribution is 2.23. The summed E-state index contributed by atoms with van der Waals surface area (Å²) in [6, 6.07) is 13.1. The van der Waals surface area contributed by atoms with Crippen LogP contribution in [0.2, 0.25) is 0 Å². The molecule has 1 N–H and O–H groups in total. The first kappa shape index (κ1) is 21.5. The Hall–Kier alpha value is -2.77. The van der Waals surface area contributed by atoms with Crippen molar-refractivity contribution in [1.82, 2.24) is 14.8 Å². The second-order valence-electron chi connectivity index (χ2n) is 7.91. The van der Waals surface area contributed by atoms with Crippen molar-refractivity contribution in [3.63, 3.8) is 0 Å². The summed E-state index contributed by atoms with van der Waals surface area (Å²) in [5.74, 6) is -0.353. The number of thiazole rings is 1. The van der Waals surface area contributed by atoms with E-state index in [4.69, 9.17) is 0 Å². The lowest BCUT2D eigenvalue weighted by molar-refractivity contribution is 0.0650. The standard InChI is InChI=1S/C24H27N3O3S/c1-2-13-26(16-12-17-8-7-11-20-21(17)31-24(30)25-20)14-5-6-15-27-22(28)18-9-3-4-10-19(18)23(27)29/h3-4,7-11H,2,5-6,12-16H2,1H3,(H,25,30). The SMILES string of the molecule is CCCN(CCCCN1C(=O)c2ccccc2C1=O)CCc1cccc2[nH]c(=O)sc12. The fourth-order valence-electron chi connectivity index (χ4n) is 4.21. The molecule has 7 heteroatoms. The number of unbranched alkanes of at least 4 members (excludes halogenated alkanes) is 1. The highest BCUT2D eigenvalue weighted by atomic mass is 32.1. The van der Waals surface area contributed by atoms with Crippen molar-refractivity contribution in [2.75, 3.05) is 26.2 Å². The summed E-state index contributed by atoms with van der Waals surface area (Å²) in [6.45, 7) is 5.49. The van der Waals surface area contributed by atoms with Crippen LogP contribution in [0.5, 0.6) is 0 Å². The minimum atomic E-state index is -0.176. The molecule has 0 atom stereocenters. The summed E-state index contributed by atoms with van der Waals surface area (Å²) < 4.78 is 1.05. The monoisotopic (exact) mass is 437 g/mol. The molecule has 2 amide bonds. The number of aromatic nitrogens is 1. The van der Waals surface area contributed by atoms with Gasteiger partial charge < -0.3 is 9.88 Å². The Morgan fingerprint density at radius 2 is 1.65 bits per heavy atom. The third-order valence-corrected chi connectivity index (χ3v) is 6.72. The molecule has 6 nitrogen and oxygen atoms in total. The van der Waals surface area contributed by atoms with E-state index in [1.807, 2.05) is 12.1 Å². The van der Waals surface area contributed by atoms with Gasteiger partial charge in [0.05, 0.1) is 21.3 Å². The summed E-state index contributed by atoms with van der Waals surface area (Å²) in [7, 11) is 0. The number of benzene rings is 2. The number of nitrogens with zero attached hydrogens (tertiary/aromatic N) is 2. The van der Waals surface area contributed by atoms with E-state index in [9.17, 15) is 14.4 Å². The van der Waals surface area contributed by atoms with E-state index < -0.39 is 0 Å². The van der Waals surface area contributed by atoms with Crippen molar-refractivity contribution < 1.29 is 9.59 Å². The maximum Gasteiger partial charge on any atom is 0.305 e. The lowest BCUT2D eigenvalue weighted by atomic mass is 10.1. The Morgan fingerprint density at radius 3 is 2.35 bits per heavy atom. The molecule has 3 aromatic rings. The lowest BCUT2D eigenvalue weighted by Gasteiger charge is -2.22. The van der Waals surface area contributed by atoms with Crippen LogP contribution in [-0.4, -0.2) is 52.8 Å². The molecule has 31 heavy (non-hydrogen) atoms. The van der Waals surface area contributed by atoms with Gasteiger partial charge in [-0.2, -0.15) is 0 Å². The van der Waals surface area contributed by atoms with Gasteiger partial charge in [0.2, 0.25) is 0 Å². The van der Waals surface area contributed by atoms with Gasteiger partial charge in [-0.3, -0.25) is 19.3 Å². The average Bonchev–Trinajstić information content (AvgIpc) is 3.27. The molecule has 1 aliphatic rings. The van der Waals surface area contributed by atoms with Gasteiger partial charge in [-0.05, 0) is 62.5 Å². The molecule has 2 aromatic carbocycles. The second kappa shape index (κ2) is 9.58. The Morgan fingerprint density at radius 1 is 0.903 bits per heavy atom. The second-order valence-corrected chi connectivity index (χ2v) is 8.90. The number of fused-ring (bicyclic) bond motifs is 2. The van der Waals surface area contributed by atoms with Crippen molar-refractivity contribution >= 4 is 33.4 Å².